The molecule has 1 N–H and O–H groups in total. The van der Waals surface area contributed by atoms with Crippen LogP contribution in [0.5, 0.6) is 5.75 Å². The molecule has 0 amide bonds. The highest BCUT2D eigenvalue weighted by Gasteiger charge is 2.12. The third-order valence-electron chi connectivity index (χ3n) is 3.22. The molecular weight excluding hydrogens is 315 g/mol. The molecule has 5 nitrogen and oxygen atoms in total. The van der Waals surface area contributed by atoms with Crippen LogP contribution in [0.4, 0.5) is 4.39 Å². The van der Waals surface area contributed by atoms with Crippen LogP contribution in [-0.4, -0.2) is 28.2 Å². The second-order valence-corrected chi connectivity index (χ2v) is 5.02. The van der Waals surface area contributed by atoms with E-state index in [4.69, 9.17) is 17.0 Å². The molecule has 1 heterocycles. The lowest BCUT2D eigenvalue weighted by atomic mass is 10.2. The molecule has 0 spiro atoms. The van der Waals surface area contributed by atoms with Crippen molar-refractivity contribution in [2.45, 2.75) is 0 Å². The van der Waals surface area contributed by atoms with Crippen LogP contribution in [0, 0.1) is 10.6 Å². The number of benzene rings is 2. The minimum atomic E-state index is -0.356. The van der Waals surface area contributed by atoms with Crippen LogP contribution in [0.25, 0.3) is 11.4 Å². The van der Waals surface area contributed by atoms with Gasteiger partial charge in [-0.2, -0.15) is 14.9 Å². The van der Waals surface area contributed by atoms with Crippen LogP contribution >= 0.6 is 12.2 Å². The predicted molar refractivity (Wildman–Crippen MR) is 88.8 cm³/mol. The fourth-order valence-electron chi connectivity index (χ4n) is 2.10. The quantitative estimate of drug-likeness (QED) is 0.588. The third-order valence-corrected chi connectivity index (χ3v) is 3.48. The van der Waals surface area contributed by atoms with Crippen LogP contribution in [0.3, 0.4) is 0 Å². The number of nitrogens with one attached hydrogen (secondary N) is 1. The van der Waals surface area contributed by atoms with Crippen LogP contribution in [-0.2, 0) is 0 Å². The summed E-state index contributed by atoms with van der Waals surface area (Å²) in [5, 5.41) is 11.1. The molecule has 3 aromatic rings. The number of aromatic nitrogens is 3. The van der Waals surface area contributed by atoms with Gasteiger partial charge in [0.05, 0.1) is 18.9 Å². The summed E-state index contributed by atoms with van der Waals surface area (Å²) in [6.07, 6.45) is 1.40. The Morgan fingerprint density at radius 1 is 1.22 bits per heavy atom. The van der Waals surface area contributed by atoms with Gasteiger partial charge in [0.25, 0.3) is 0 Å². The summed E-state index contributed by atoms with van der Waals surface area (Å²) in [4.78, 5) is 0. The molecule has 0 unspecified atom stereocenters. The Balaban J connectivity index is 2.07. The van der Waals surface area contributed by atoms with Crippen molar-refractivity contribution in [2.24, 2.45) is 5.10 Å². The number of nitrogens with zero attached hydrogens (tertiary/aromatic N) is 3. The van der Waals surface area contributed by atoms with E-state index >= 15 is 0 Å². The van der Waals surface area contributed by atoms with E-state index in [2.05, 4.69) is 15.3 Å². The largest absolute Gasteiger partial charge is 0.496 e. The fourth-order valence-corrected chi connectivity index (χ4v) is 2.28. The topological polar surface area (TPSA) is 55.2 Å². The van der Waals surface area contributed by atoms with Gasteiger partial charge in [0.2, 0.25) is 4.77 Å². The van der Waals surface area contributed by atoms with Gasteiger partial charge < -0.3 is 4.74 Å². The zero-order valence-corrected chi connectivity index (χ0v) is 13.0. The van der Waals surface area contributed by atoms with E-state index in [0.717, 1.165) is 5.56 Å². The zero-order chi connectivity index (χ0) is 16.2. The molecule has 0 aliphatic rings. The van der Waals surface area contributed by atoms with Gasteiger partial charge in [0, 0.05) is 5.56 Å². The van der Waals surface area contributed by atoms with E-state index in [1.54, 1.807) is 25.3 Å². The minimum Gasteiger partial charge on any atom is -0.496 e. The summed E-state index contributed by atoms with van der Waals surface area (Å²) in [7, 11) is 1.58. The van der Waals surface area contributed by atoms with Crippen LogP contribution < -0.4 is 4.74 Å². The summed E-state index contributed by atoms with van der Waals surface area (Å²) in [5.74, 6) is 0.772. The molecule has 23 heavy (non-hydrogen) atoms. The number of ether oxygens (including phenoxy) is 1. The normalized spacial score (nSPS) is 11.0. The molecule has 0 saturated heterocycles. The highest BCUT2D eigenvalue weighted by atomic mass is 32.1. The van der Waals surface area contributed by atoms with Gasteiger partial charge in [-0.15, -0.1) is 0 Å². The van der Waals surface area contributed by atoms with Gasteiger partial charge in [-0.3, -0.25) is 0 Å². The minimum absolute atomic E-state index is 0.304. The first-order valence-electron chi connectivity index (χ1n) is 6.80. The molecule has 0 fully saturated rings. The maximum absolute atomic E-state index is 13.7. The van der Waals surface area contributed by atoms with Gasteiger partial charge in [-0.05, 0) is 30.4 Å². The lowest BCUT2D eigenvalue weighted by Gasteiger charge is -2.06. The number of methoxy groups -OCH3 is 1. The van der Waals surface area contributed by atoms with Gasteiger partial charge in [0.1, 0.15) is 11.6 Å². The Bertz CT molecular complexity index is 916. The molecule has 0 aliphatic heterocycles. The second-order valence-electron chi connectivity index (χ2n) is 4.63. The van der Waals surface area contributed by atoms with Crippen molar-refractivity contribution in [3.8, 4) is 17.1 Å². The van der Waals surface area contributed by atoms with Crippen molar-refractivity contribution in [2.75, 3.05) is 7.11 Å². The van der Waals surface area contributed by atoms with E-state index in [1.165, 1.54) is 17.0 Å². The van der Waals surface area contributed by atoms with E-state index in [-0.39, 0.29) is 5.82 Å². The standard InChI is InChI=1S/C16H13FN4OS/c1-22-14-9-5-3-7-12(14)15-19-20-16(23)21(15)18-10-11-6-2-4-8-13(11)17/h2-10H,1H3,(H,20,23)/b18-10-. The van der Waals surface area contributed by atoms with Crippen molar-refractivity contribution >= 4 is 18.4 Å². The lowest BCUT2D eigenvalue weighted by Crippen LogP contribution is -1.97. The molecule has 3 rings (SSSR count). The van der Waals surface area contributed by atoms with Crippen LogP contribution in [0.15, 0.2) is 53.6 Å². The third kappa shape index (κ3) is 3.04. The molecular formula is C16H13FN4OS. The first kappa shape index (κ1) is 15.1. The van der Waals surface area contributed by atoms with E-state index in [0.29, 0.717) is 21.9 Å². The molecule has 2 aromatic carbocycles. The maximum atomic E-state index is 13.7. The Kier molecular flexibility index (Phi) is 4.29. The van der Waals surface area contributed by atoms with E-state index < -0.39 is 0 Å². The molecule has 0 aliphatic carbocycles. The zero-order valence-electron chi connectivity index (χ0n) is 12.2. The highest BCUT2D eigenvalue weighted by Crippen LogP contribution is 2.28. The molecule has 116 valence electrons. The Hall–Kier alpha value is -2.80. The molecule has 0 bridgehead atoms. The monoisotopic (exact) mass is 328 g/mol. The number of para-hydroxylation sites is 1. The summed E-state index contributed by atoms with van der Waals surface area (Å²) < 4.78 is 20.8. The van der Waals surface area contributed by atoms with Crippen molar-refractivity contribution in [1.82, 2.24) is 14.9 Å². The van der Waals surface area contributed by atoms with Crippen LogP contribution in [0.1, 0.15) is 5.56 Å². The number of rotatable bonds is 4. The van der Waals surface area contributed by atoms with Crippen molar-refractivity contribution < 1.29 is 9.13 Å². The van der Waals surface area contributed by atoms with Gasteiger partial charge >= 0.3 is 0 Å². The first-order valence-corrected chi connectivity index (χ1v) is 7.21. The van der Waals surface area contributed by atoms with Crippen molar-refractivity contribution in [3.05, 3.63) is 64.7 Å². The van der Waals surface area contributed by atoms with Crippen LogP contribution in [0.2, 0.25) is 0 Å². The molecule has 0 saturated carbocycles. The Labute approximate surface area is 137 Å². The Morgan fingerprint density at radius 2 is 1.96 bits per heavy atom. The number of halogens is 1. The highest BCUT2D eigenvalue weighted by molar-refractivity contribution is 7.71. The van der Waals surface area contributed by atoms with Gasteiger partial charge in [0.15, 0.2) is 5.82 Å². The smallest absolute Gasteiger partial charge is 0.216 e. The average molecular weight is 328 g/mol. The fraction of sp³-hybridized carbons (Fsp3) is 0.0625. The molecule has 0 radical (unpaired) electrons. The molecule has 1 aromatic heterocycles. The maximum Gasteiger partial charge on any atom is 0.216 e. The number of hydrogen-bond acceptors (Lipinski definition) is 4. The van der Waals surface area contributed by atoms with E-state index in [1.807, 2.05) is 24.3 Å². The number of hydrogen-bond donors (Lipinski definition) is 1. The van der Waals surface area contributed by atoms with Crippen molar-refractivity contribution in [3.63, 3.8) is 0 Å². The molecule has 7 heteroatoms. The van der Waals surface area contributed by atoms with E-state index in [9.17, 15) is 4.39 Å². The first-order chi connectivity index (χ1) is 11.2. The summed E-state index contributed by atoms with van der Waals surface area (Å²) in [5.41, 5.74) is 1.09. The summed E-state index contributed by atoms with van der Waals surface area (Å²) in [6, 6.07) is 13.7. The molecule has 0 atom stereocenters. The lowest BCUT2D eigenvalue weighted by molar-refractivity contribution is 0.416. The number of H-pyrrole nitrogens is 1. The van der Waals surface area contributed by atoms with Gasteiger partial charge in [-0.1, -0.05) is 30.3 Å². The predicted octanol–water partition coefficient (Wildman–Crippen LogP) is 3.64. The Morgan fingerprint density at radius 3 is 2.74 bits per heavy atom. The van der Waals surface area contributed by atoms with Gasteiger partial charge in [-0.25, -0.2) is 9.49 Å². The summed E-state index contributed by atoms with van der Waals surface area (Å²) in [6.45, 7) is 0. The van der Waals surface area contributed by atoms with Crippen molar-refractivity contribution in [1.29, 1.82) is 0 Å². The average Bonchev–Trinajstić information content (AvgIpc) is 2.95. The summed E-state index contributed by atoms with van der Waals surface area (Å²) >= 11 is 5.20. The number of aromatic amines is 1. The SMILES string of the molecule is COc1ccccc1-c1n[nH]c(=S)n1/N=C\c1ccccc1F. The second kappa shape index (κ2) is 6.53.